The third-order valence-electron chi connectivity index (χ3n) is 3.73. The van der Waals surface area contributed by atoms with Gasteiger partial charge in [0.05, 0.1) is 25.8 Å². The van der Waals surface area contributed by atoms with Crippen molar-refractivity contribution in [2.45, 2.75) is 18.7 Å². The summed E-state index contributed by atoms with van der Waals surface area (Å²) in [5, 5.41) is 11.4. The average molecular weight is 410 g/mol. The highest BCUT2D eigenvalue weighted by Gasteiger charge is 2.27. The molecule has 11 nitrogen and oxygen atoms in total. The number of amides is 2. The molecule has 0 atom stereocenters. The van der Waals surface area contributed by atoms with Gasteiger partial charge in [-0.2, -0.15) is 9.97 Å². The molecule has 2 rings (SSSR count). The van der Waals surface area contributed by atoms with E-state index in [0.29, 0.717) is 5.56 Å². The van der Waals surface area contributed by atoms with E-state index in [2.05, 4.69) is 15.3 Å². The van der Waals surface area contributed by atoms with Gasteiger partial charge in [-0.1, -0.05) is 6.07 Å². The Hall–Kier alpha value is -3.41. The standard InChI is InChI=1S/C16H18N4O7S/c1-8-5-6-10(14(21)22)13(9(8)2)28(24,25)20-16(23)19-15-17-11(26-3)7-12(18-15)27-4/h5-7H,1-4H3,(H,21,22)(H2,17,18,19,20,23). The van der Waals surface area contributed by atoms with E-state index in [1.165, 1.54) is 33.3 Å². The first-order valence-corrected chi connectivity index (χ1v) is 9.21. The molecule has 2 aromatic rings. The number of carboxylic acid groups (broad SMARTS) is 1. The Morgan fingerprint density at radius 1 is 1.07 bits per heavy atom. The summed E-state index contributed by atoms with van der Waals surface area (Å²) >= 11 is 0. The lowest BCUT2D eigenvalue weighted by molar-refractivity contribution is 0.0692. The van der Waals surface area contributed by atoms with Crippen LogP contribution in [-0.2, 0) is 10.0 Å². The molecule has 0 unspecified atom stereocenters. The van der Waals surface area contributed by atoms with Crippen molar-refractivity contribution >= 4 is 28.0 Å². The molecule has 0 aliphatic carbocycles. The molecule has 28 heavy (non-hydrogen) atoms. The molecule has 0 fully saturated rings. The maximum Gasteiger partial charge on any atom is 0.337 e. The first kappa shape index (κ1) is 20.9. The van der Waals surface area contributed by atoms with E-state index in [-0.39, 0.29) is 23.3 Å². The average Bonchev–Trinajstić information content (AvgIpc) is 2.62. The summed E-state index contributed by atoms with van der Waals surface area (Å²) in [5.74, 6) is -1.56. The quantitative estimate of drug-likeness (QED) is 0.639. The number of methoxy groups -OCH3 is 2. The van der Waals surface area contributed by atoms with Crippen LogP contribution < -0.4 is 19.5 Å². The molecule has 0 bridgehead atoms. The van der Waals surface area contributed by atoms with Crippen molar-refractivity contribution in [1.82, 2.24) is 14.7 Å². The molecule has 0 aliphatic heterocycles. The Bertz CT molecular complexity index is 1020. The highest BCUT2D eigenvalue weighted by atomic mass is 32.2. The van der Waals surface area contributed by atoms with Gasteiger partial charge in [0, 0.05) is 0 Å². The Balaban J connectivity index is 2.34. The number of carbonyl (C=O) groups is 2. The van der Waals surface area contributed by atoms with Crippen molar-refractivity contribution in [3.8, 4) is 11.8 Å². The molecule has 0 spiro atoms. The van der Waals surface area contributed by atoms with Gasteiger partial charge >= 0.3 is 12.0 Å². The van der Waals surface area contributed by atoms with E-state index >= 15 is 0 Å². The Morgan fingerprint density at radius 2 is 1.64 bits per heavy atom. The minimum atomic E-state index is -4.50. The molecule has 2 amide bonds. The van der Waals surface area contributed by atoms with Gasteiger partial charge in [0.2, 0.25) is 17.7 Å². The summed E-state index contributed by atoms with van der Waals surface area (Å²) in [6.45, 7) is 3.07. The molecule has 1 aromatic carbocycles. The van der Waals surface area contributed by atoms with Gasteiger partial charge in [0.15, 0.2) is 0 Å². The van der Waals surface area contributed by atoms with Gasteiger partial charge in [-0.3, -0.25) is 5.32 Å². The van der Waals surface area contributed by atoms with Crippen molar-refractivity contribution in [1.29, 1.82) is 0 Å². The fraction of sp³-hybridized carbons (Fsp3) is 0.250. The molecule has 12 heteroatoms. The summed E-state index contributed by atoms with van der Waals surface area (Å²) in [6, 6.07) is 2.81. The lowest BCUT2D eigenvalue weighted by atomic mass is 10.1. The van der Waals surface area contributed by atoms with E-state index in [9.17, 15) is 23.1 Å². The van der Waals surface area contributed by atoms with E-state index in [1.807, 2.05) is 0 Å². The van der Waals surface area contributed by atoms with Crippen molar-refractivity contribution in [2.24, 2.45) is 0 Å². The van der Waals surface area contributed by atoms with Gasteiger partial charge < -0.3 is 14.6 Å². The summed E-state index contributed by atoms with van der Waals surface area (Å²) in [6.07, 6.45) is 0. The van der Waals surface area contributed by atoms with Crippen molar-refractivity contribution in [3.63, 3.8) is 0 Å². The Kier molecular flexibility index (Phi) is 6.03. The van der Waals surface area contributed by atoms with Crippen LogP contribution in [0.25, 0.3) is 0 Å². The maximum atomic E-state index is 12.7. The van der Waals surface area contributed by atoms with Crippen LogP contribution in [0.3, 0.4) is 0 Å². The Morgan fingerprint density at radius 3 is 2.14 bits per heavy atom. The predicted molar refractivity (Wildman–Crippen MR) is 97.4 cm³/mol. The number of nitrogens with zero attached hydrogens (tertiary/aromatic N) is 2. The van der Waals surface area contributed by atoms with Crippen LogP contribution in [0.1, 0.15) is 21.5 Å². The molecule has 3 N–H and O–H groups in total. The lowest BCUT2D eigenvalue weighted by Gasteiger charge is -2.14. The normalized spacial score (nSPS) is 10.9. The zero-order valence-corrected chi connectivity index (χ0v) is 16.2. The van der Waals surface area contributed by atoms with E-state index < -0.39 is 32.5 Å². The smallest absolute Gasteiger partial charge is 0.337 e. The molecule has 0 saturated heterocycles. The SMILES string of the molecule is COc1cc(OC)nc(NC(=O)NS(=O)(=O)c2c(C(=O)O)ccc(C)c2C)n1. The number of hydrogen-bond acceptors (Lipinski definition) is 8. The number of anilines is 1. The number of sulfonamides is 1. The molecular weight excluding hydrogens is 392 g/mol. The fourth-order valence-electron chi connectivity index (χ4n) is 2.27. The third-order valence-corrected chi connectivity index (χ3v) is 5.24. The maximum absolute atomic E-state index is 12.7. The number of carbonyl (C=O) groups excluding carboxylic acids is 1. The van der Waals surface area contributed by atoms with Crippen LogP contribution in [0, 0.1) is 13.8 Å². The van der Waals surface area contributed by atoms with Gasteiger partial charge in [-0.15, -0.1) is 0 Å². The number of aromatic carboxylic acids is 1. The molecule has 150 valence electrons. The fourth-order valence-corrected chi connectivity index (χ4v) is 3.68. The van der Waals surface area contributed by atoms with Crippen LogP contribution in [0.15, 0.2) is 23.1 Å². The van der Waals surface area contributed by atoms with Crippen molar-refractivity contribution < 1.29 is 32.6 Å². The number of urea groups is 1. The predicted octanol–water partition coefficient (Wildman–Crippen LogP) is 1.32. The van der Waals surface area contributed by atoms with Crippen LogP contribution in [0.4, 0.5) is 10.7 Å². The second-order valence-electron chi connectivity index (χ2n) is 5.53. The molecular formula is C16H18N4O7S. The number of carboxylic acids is 1. The van der Waals surface area contributed by atoms with Crippen LogP contribution in [0.5, 0.6) is 11.8 Å². The van der Waals surface area contributed by atoms with Gasteiger partial charge in [0.1, 0.15) is 4.90 Å². The number of ether oxygens (including phenoxy) is 2. The summed E-state index contributed by atoms with van der Waals surface area (Å²) in [5.41, 5.74) is 0.300. The second-order valence-corrected chi connectivity index (χ2v) is 7.14. The molecule has 0 radical (unpaired) electrons. The minimum absolute atomic E-state index is 0.0766. The number of nitrogens with one attached hydrogen (secondary N) is 2. The van der Waals surface area contributed by atoms with Gasteiger partial charge in [0.25, 0.3) is 10.0 Å². The molecule has 1 aromatic heterocycles. The third kappa shape index (κ3) is 4.46. The van der Waals surface area contributed by atoms with Crippen LogP contribution in [-0.4, -0.2) is 49.7 Å². The Labute approximate surface area is 160 Å². The zero-order valence-electron chi connectivity index (χ0n) is 15.4. The lowest BCUT2D eigenvalue weighted by Crippen LogP contribution is -2.36. The first-order chi connectivity index (χ1) is 13.1. The van der Waals surface area contributed by atoms with Gasteiger partial charge in [-0.05, 0) is 31.0 Å². The zero-order chi connectivity index (χ0) is 21.1. The molecule has 0 aliphatic rings. The largest absolute Gasteiger partial charge is 0.481 e. The monoisotopic (exact) mass is 410 g/mol. The van der Waals surface area contributed by atoms with Crippen molar-refractivity contribution in [2.75, 3.05) is 19.5 Å². The minimum Gasteiger partial charge on any atom is -0.481 e. The number of rotatable bonds is 6. The van der Waals surface area contributed by atoms with Gasteiger partial charge in [-0.25, -0.2) is 22.7 Å². The van der Waals surface area contributed by atoms with Crippen LogP contribution >= 0.6 is 0 Å². The summed E-state index contributed by atoms with van der Waals surface area (Å²) in [7, 11) is -1.83. The highest BCUT2D eigenvalue weighted by Crippen LogP contribution is 2.24. The van der Waals surface area contributed by atoms with E-state index in [0.717, 1.165) is 6.07 Å². The molecule has 0 saturated carbocycles. The summed E-state index contributed by atoms with van der Waals surface area (Å²) < 4.78 is 36.9. The number of aromatic nitrogens is 2. The first-order valence-electron chi connectivity index (χ1n) is 7.73. The highest BCUT2D eigenvalue weighted by molar-refractivity contribution is 7.90. The second kappa shape index (κ2) is 8.08. The number of benzene rings is 1. The van der Waals surface area contributed by atoms with Crippen molar-refractivity contribution in [3.05, 3.63) is 34.9 Å². The van der Waals surface area contributed by atoms with E-state index in [4.69, 9.17) is 9.47 Å². The summed E-state index contributed by atoms with van der Waals surface area (Å²) in [4.78, 5) is 30.8. The van der Waals surface area contributed by atoms with E-state index in [1.54, 1.807) is 11.6 Å². The topological polar surface area (TPSA) is 157 Å². The van der Waals surface area contributed by atoms with Crippen LogP contribution in [0.2, 0.25) is 0 Å². The molecule has 1 heterocycles. The number of aryl methyl sites for hydroxylation is 1. The number of hydrogen-bond donors (Lipinski definition) is 3.